The van der Waals surface area contributed by atoms with Gasteiger partial charge in [0.05, 0.1) is 12.0 Å². The molecule has 0 saturated heterocycles. The molecule has 16 heavy (non-hydrogen) atoms. The first-order chi connectivity index (χ1) is 7.59. The molecule has 0 spiro atoms. The smallest absolute Gasteiger partial charge is 0.345 e. The molecule has 0 bridgehead atoms. The predicted molar refractivity (Wildman–Crippen MR) is 59.5 cm³/mol. The van der Waals surface area contributed by atoms with E-state index in [0.29, 0.717) is 17.7 Å². The van der Waals surface area contributed by atoms with Crippen molar-refractivity contribution in [2.45, 2.75) is 19.8 Å². The molecule has 0 unspecified atom stereocenters. The maximum absolute atomic E-state index is 11.4. The maximum Gasteiger partial charge on any atom is 0.345 e. The number of rotatable bonds is 4. The second-order valence-corrected chi connectivity index (χ2v) is 3.41. The van der Waals surface area contributed by atoms with Crippen molar-refractivity contribution in [3.05, 3.63) is 35.9 Å². The standard InChI is InChI=1S/C12H13NO3/c1-9(13)7-8-11(14)16-12(15)10-5-3-2-4-6-10/h2-6,13H,7-8H2,1H3. The van der Waals surface area contributed by atoms with E-state index in [9.17, 15) is 9.59 Å². The Labute approximate surface area is 93.7 Å². The van der Waals surface area contributed by atoms with Crippen LogP contribution >= 0.6 is 0 Å². The third kappa shape index (κ3) is 4.04. The maximum atomic E-state index is 11.4. The number of carbonyl (C=O) groups is 2. The first-order valence-electron chi connectivity index (χ1n) is 4.93. The van der Waals surface area contributed by atoms with Gasteiger partial charge in [-0.3, -0.25) is 4.79 Å². The van der Waals surface area contributed by atoms with E-state index in [4.69, 9.17) is 5.41 Å². The normalized spacial score (nSPS) is 9.56. The van der Waals surface area contributed by atoms with Gasteiger partial charge in [0.25, 0.3) is 0 Å². The summed E-state index contributed by atoms with van der Waals surface area (Å²) < 4.78 is 4.61. The molecular weight excluding hydrogens is 206 g/mol. The highest BCUT2D eigenvalue weighted by molar-refractivity contribution is 5.97. The van der Waals surface area contributed by atoms with Crippen molar-refractivity contribution in [3.8, 4) is 0 Å². The van der Waals surface area contributed by atoms with E-state index in [-0.39, 0.29) is 6.42 Å². The molecule has 0 atom stereocenters. The zero-order valence-corrected chi connectivity index (χ0v) is 9.03. The van der Waals surface area contributed by atoms with Crippen LogP contribution in [-0.4, -0.2) is 17.7 Å². The van der Waals surface area contributed by atoms with Gasteiger partial charge in [0, 0.05) is 5.71 Å². The van der Waals surface area contributed by atoms with Gasteiger partial charge in [0.2, 0.25) is 0 Å². The molecule has 0 heterocycles. The number of hydrogen-bond donors (Lipinski definition) is 1. The minimum Gasteiger partial charge on any atom is -0.389 e. The summed E-state index contributed by atoms with van der Waals surface area (Å²) in [5, 5.41) is 7.14. The number of nitrogens with one attached hydrogen (secondary N) is 1. The van der Waals surface area contributed by atoms with Crippen molar-refractivity contribution >= 4 is 17.7 Å². The Kier molecular flexibility index (Phi) is 4.39. The van der Waals surface area contributed by atoms with E-state index in [1.165, 1.54) is 0 Å². The Balaban J connectivity index is 2.46. The number of carbonyl (C=O) groups excluding carboxylic acids is 2. The second kappa shape index (κ2) is 5.80. The third-order valence-corrected chi connectivity index (χ3v) is 1.92. The molecule has 0 saturated carbocycles. The minimum absolute atomic E-state index is 0.0634. The van der Waals surface area contributed by atoms with Crippen LogP contribution in [0.4, 0.5) is 0 Å². The molecule has 1 aromatic carbocycles. The van der Waals surface area contributed by atoms with E-state index >= 15 is 0 Å². The number of esters is 2. The molecule has 0 amide bonds. The van der Waals surface area contributed by atoms with E-state index in [0.717, 1.165) is 0 Å². The van der Waals surface area contributed by atoms with Crippen molar-refractivity contribution in [2.24, 2.45) is 0 Å². The number of ether oxygens (including phenoxy) is 1. The van der Waals surface area contributed by atoms with Gasteiger partial charge in [-0.15, -0.1) is 0 Å². The van der Waals surface area contributed by atoms with Crippen molar-refractivity contribution in [3.63, 3.8) is 0 Å². The van der Waals surface area contributed by atoms with Crippen molar-refractivity contribution in [2.75, 3.05) is 0 Å². The summed E-state index contributed by atoms with van der Waals surface area (Å²) in [7, 11) is 0. The molecule has 84 valence electrons. The van der Waals surface area contributed by atoms with Crippen LogP contribution in [0.1, 0.15) is 30.1 Å². The van der Waals surface area contributed by atoms with Crippen molar-refractivity contribution in [1.29, 1.82) is 5.41 Å². The lowest BCUT2D eigenvalue weighted by Crippen LogP contribution is -2.13. The molecular formula is C12H13NO3. The lowest BCUT2D eigenvalue weighted by atomic mass is 10.2. The van der Waals surface area contributed by atoms with Gasteiger partial charge in [0.15, 0.2) is 0 Å². The number of benzene rings is 1. The van der Waals surface area contributed by atoms with Crippen LogP contribution in [0.2, 0.25) is 0 Å². The first kappa shape index (κ1) is 12.1. The van der Waals surface area contributed by atoms with Gasteiger partial charge in [-0.2, -0.15) is 0 Å². The highest BCUT2D eigenvalue weighted by atomic mass is 16.6. The Morgan fingerprint density at radius 2 is 1.81 bits per heavy atom. The largest absolute Gasteiger partial charge is 0.389 e. The average molecular weight is 219 g/mol. The van der Waals surface area contributed by atoms with Crippen LogP contribution in [0, 0.1) is 5.41 Å². The third-order valence-electron chi connectivity index (χ3n) is 1.92. The van der Waals surface area contributed by atoms with Crippen molar-refractivity contribution in [1.82, 2.24) is 0 Å². The molecule has 1 N–H and O–H groups in total. The second-order valence-electron chi connectivity index (χ2n) is 3.41. The summed E-state index contributed by atoms with van der Waals surface area (Å²) in [6, 6.07) is 8.33. The Morgan fingerprint density at radius 1 is 1.19 bits per heavy atom. The molecule has 1 aromatic rings. The topological polar surface area (TPSA) is 67.2 Å². The molecule has 0 aliphatic rings. The molecule has 4 nitrogen and oxygen atoms in total. The highest BCUT2D eigenvalue weighted by Gasteiger charge is 2.12. The molecule has 0 fully saturated rings. The van der Waals surface area contributed by atoms with Gasteiger partial charge < -0.3 is 10.1 Å². The molecule has 0 aliphatic heterocycles. The minimum atomic E-state index is -0.645. The van der Waals surface area contributed by atoms with Gasteiger partial charge in [-0.25, -0.2) is 4.79 Å². The quantitative estimate of drug-likeness (QED) is 0.479. The van der Waals surface area contributed by atoms with Gasteiger partial charge in [0.1, 0.15) is 0 Å². The summed E-state index contributed by atoms with van der Waals surface area (Å²) >= 11 is 0. The van der Waals surface area contributed by atoms with E-state index < -0.39 is 11.9 Å². The fourth-order valence-corrected chi connectivity index (χ4v) is 1.08. The Bertz CT molecular complexity index is 398. The number of hydrogen-bond acceptors (Lipinski definition) is 4. The molecule has 0 radical (unpaired) electrons. The highest BCUT2D eigenvalue weighted by Crippen LogP contribution is 2.03. The predicted octanol–water partition coefficient (Wildman–Crippen LogP) is 2.19. The SMILES string of the molecule is CC(=N)CCC(=O)OC(=O)c1ccccc1. The van der Waals surface area contributed by atoms with Crippen molar-refractivity contribution < 1.29 is 14.3 Å². The van der Waals surface area contributed by atoms with Crippen LogP contribution in [-0.2, 0) is 9.53 Å². The van der Waals surface area contributed by atoms with Gasteiger partial charge in [-0.1, -0.05) is 18.2 Å². The van der Waals surface area contributed by atoms with Crippen LogP contribution in [0.5, 0.6) is 0 Å². The summed E-state index contributed by atoms with van der Waals surface area (Å²) in [5.74, 6) is -1.24. The van der Waals surface area contributed by atoms with E-state index in [2.05, 4.69) is 4.74 Å². The van der Waals surface area contributed by atoms with E-state index in [1.54, 1.807) is 37.3 Å². The first-order valence-corrected chi connectivity index (χ1v) is 4.93. The summed E-state index contributed by atoms with van der Waals surface area (Å²) in [5.41, 5.74) is 0.742. The monoisotopic (exact) mass is 219 g/mol. The Morgan fingerprint density at radius 3 is 2.38 bits per heavy atom. The van der Waals surface area contributed by atoms with Crippen LogP contribution in [0.3, 0.4) is 0 Å². The van der Waals surface area contributed by atoms with Crippen LogP contribution < -0.4 is 0 Å². The Hall–Kier alpha value is -1.97. The molecule has 1 rings (SSSR count). The fourth-order valence-electron chi connectivity index (χ4n) is 1.08. The van der Waals surface area contributed by atoms with Crippen LogP contribution in [0.25, 0.3) is 0 Å². The zero-order chi connectivity index (χ0) is 12.0. The zero-order valence-electron chi connectivity index (χ0n) is 9.03. The van der Waals surface area contributed by atoms with E-state index in [1.807, 2.05) is 0 Å². The van der Waals surface area contributed by atoms with Gasteiger partial charge >= 0.3 is 11.9 Å². The van der Waals surface area contributed by atoms with Crippen LogP contribution in [0.15, 0.2) is 30.3 Å². The summed E-state index contributed by atoms with van der Waals surface area (Å²) in [6.45, 7) is 1.60. The molecule has 4 heteroatoms. The molecule has 0 aromatic heterocycles. The lowest BCUT2D eigenvalue weighted by Gasteiger charge is -2.02. The lowest BCUT2D eigenvalue weighted by molar-refractivity contribution is -0.137. The average Bonchev–Trinajstić information content (AvgIpc) is 2.27. The summed E-state index contributed by atoms with van der Waals surface area (Å²) in [6.07, 6.45) is 0.384. The molecule has 0 aliphatic carbocycles. The van der Waals surface area contributed by atoms with Gasteiger partial charge in [-0.05, 0) is 25.5 Å². The fraction of sp³-hybridized carbons (Fsp3) is 0.250. The summed E-state index contributed by atoms with van der Waals surface area (Å²) in [4.78, 5) is 22.6.